The molecule has 0 aliphatic carbocycles. The molecule has 1 aliphatic heterocycles. The van der Waals surface area contributed by atoms with Crippen LogP contribution in [0.1, 0.15) is 30.8 Å². The molecule has 1 aromatic heterocycles. The van der Waals surface area contributed by atoms with E-state index in [1.165, 1.54) is 16.1 Å². The lowest BCUT2D eigenvalue weighted by atomic mass is 10.2. The van der Waals surface area contributed by atoms with E-state index in [1.807, 2.05) is 48.5 Å². The van der Waals surface area contributed by atoms with E-state index in [2.05, 4.69) is 52.9 Å². The molecule has 2 heterocycles. The van der Waals surface area contributed by atoms with E-state index in [4.69, 9.17) is 11.6 Å². The number of nitrogens with one attached hydrogen (secondary N) is 1. The molecule has 41 heavy (non-hydrogen) atoms. The maximum Gasteiger partial charge on any atom is 0.326 e. The molecule has 5 rings (SSSR count). The van der Waals surface area contributed by atoms with Gasteiger partial charge in [-0.1, -0.05) is 59.0 Å². The fraction of sp³-hybridized carbons (Fsp3) is 0.258. The third-order valence-corrected chi connectivity index (χ3v) is 9.53. The van der Waals surface area contributed by atoms with Gasteiger partial charge in [0.15, 0.2) is 0 Å². The van der Waals surface area contributed by atoms with Crippen LogP contribution in [-0.4, -0.2) is 36.1 Å². The minimum atomic E-state index is -0.938. The van der Waals surface area contributed by atoms with Crippen molar-refractivity contribution >= 4 is 74.2 Å². The van der Waals surface area contributed by atoms with Gasteiger partial charge in [-0.3, -0.25) is 4.79 Å². The number of aryl methyl sites for hydroxylation is 1. The minimum absolute atomic E-state index is 0.153. The number of anilines is 2. The normalized spacial score (nSPS) is 14.3. The van der Waals surface area contributed by atoms with Crippen LogP contribution in [0.25, 0.3) is 16.3 Å². The zero-order chi connectivity index (χ0) is 29.1. The van der Waals surface area contributed by atoms with Crippen molar-refractivity contribution in [2.75, 3.05) is 22.9 Å². The Morgan fingerprint density at radius 1 is 1.15 bits per heavy atom. The number of hydrogen-bond acceptors (Lipinski definition) is 6. The molecule has 212 valence electrons. The van der Waals surface area contributed by atoms with Gasteiger partial charge in [-0.05, 0) is 62.7 Å². The van der Waals surface area contributed by atoms with Gasteiger partial charge in [0, 0.05) is 41.2 Å². The number of thioether (sulfide) groups is 1. The van der Waals surface area contributed by atoms with E-state index in [0.717, 1.165) is 32.5 Å². The van der Waals surface area contributed by atoms with Gasteiger partial charge in [-0.2, -0.15) is 4.57 Å². The number of aromatic nitrogens is 1. The Morgan fingerprint density at radius 2 is 1.93 bits per heavy atom. The van der Waals surface area contributed by atoms with Gasteiger partial charge in [-0.15, -0.1) is 0 Å². The van der Waals surface area contributed by atoms with Crippen LogP contribution in [0, 0.1) is 6.92 Å². The second kappa shape index (κ2) is 12.5. The summed E-state index contributed by atoms with van der Waals surface area (Å²) < 4.78 is 3.15. The van der Waals surface area contributed by atoms with Crippen LogP contribution in [0.5, 0.6) is 0 Å². The molecule has 0 saturated heterocycles. The zero-order valence-electron chi connectivity index (χ0n) is 23.1. The minimum Gasteiger partial charge on any atom is -0.480 e. The Bertz CT molecular complexity index is 1620. The van der Waals surface area contributed by atoms with Crippen LogP contribution in [0.3, 0.4) is 0 Å². The Balaban J connectivity index is 1.37. The van der Waals surface area contributed by atoms with Crippen LogP contribution >= 0.6 is 34.7 Å². The number of thiazole rings is 1. The number of carboxylic acid groups (broad SMARTS) is 1. The molecule has 0 radical (unpaired) electrons. The average molecular weight is 608 g/mol. The highest BCUT2D eigenvalue weighted by atomic mass is 35.5. The van der Waals surface area contributed by atoms with Gasteiger partial charge in [0.05, 0.1) is 16.8 Å². The average Bonchev–Trinajstić information content (AvgIpc) is 3.48. The number of nitrogens with zero attached hydrogens (tertiary/aromatic N) is 3. The lowest BCUT2D eigenvalue weighted by Crippen LogP contribution is -2.46. The first-order valence-electron chi connectivity index (χ1n) is 13.5. The number of benzene rings is 3. The van der Waals surface area contributed by atoms with E-state index >= 15 is 0 Å². The number of amides is 1. The smallest absolute Gasteiger partial charge is 0.326 e. The van der Waals surface area contributed by atoms with Gasteiger partial charge in [0.1, 0.15) is 10.7 Å². The van der Waals surface area contributed by atoms with E-state index in [9.17, 15) is 14.7 Å². The number of fused-ring (bicyclic) bond motifs is 2. The number of halogens is 1. The quantitative estimate of drug-likeness (QED) is 0.200. The first kappa shape index (κ1) is 29.0. The molecule has 1 unspecified atom stereocenters. The number of carbonyl (C=O) groups excluding carboxylic acids is 1. The molecule has 3 aromatic carbocycles. The van der Waals surface area contributed by atoms with Crippen LogP contribution in [0.15, 0.2) is 76.7 Å². The molecule has 1 amide bonds. The van der Waals surface area contributed by atoms with Crippen molar-refractivity contribution in [3.8, 4) is 0 Å². The highest BCUT2D eigenvalue weighted by molar-refractivity contribution is 8.03. The van der Waals surface area contributed by atoms with Crippen molar-refractivity contribution in [1.82, 2.24) is 5.32 Å². The maximum atomic E-state index is 13.1. The number of hydrogen-bond donors (Lipinski definition) is 2. The largest absolute Gasteiger partial charge is 0.480 e. The summed E-state index contributed by atoms with van der Waals surface area (Å²) in [6.45, 7) is 7.27. The standard InChI is InChI=1S/C31H31ClN4O3S2/c1-4-34-24-16-20(2)10-12-26(24)40-29(34)18-30-36(25-17-22(32)11-13-27(25)41-30)19-33-28(37)14-15-35(21(3)31(38)39)23-8-6-5-7-9-23/h5-13,16-18,21H,4,14-15,19H2,1-3H3,(H-,33,37,38,39)/p+1. The van der Waals surface area contributed by atoms with Crippen molar-refractivity contribution in [3.05, 3.63) is 87.4 Å². The lowest BCUT2D eigenvalue weighted by Gasteiger charge is -2.28. The Hall–Kier alpha value is -3.53. The van der Waals surface area contributed by atoms with Crippen molar-refractivity contribution in [2.24, 2.45) is 0 Å². The topological polar surface area (TPSA) is 76.8 Å². The van der Waals surface area contributed by atoms with Gasteiger partial charge >= 0.3 is 5.97 Å². The Labute approximate surface area is 253 Å². The number of rotatable bonds is 10. The fourth-order valence-corrected chi connectivity index (χ4v) is 7.33. The summed E-state index contributed by atoms with van der Waals surface area (Å²) in [6.07, 6.45) is 2.33. The van der Waals surface area contributed by atoms with Crippen molar-refractivity contribution < 1.29 is 19.3 Å². The van der Waals surface area contributed by atoms with Gasteiger partial charge in [0.25, 0.3) is 5.01 Å². The summed E-state index contributed by atoms with van der Waals surface area (Å²) in [7, 11) is 0. The molecule has 0 fully saturated rings. The van der Waals surface area contributed by atoms with E-state index in [1.54, 1.807) is 34.9 Å². The molecule has 0 bridgehead atoms. The summed E-state index contributed by atoms with van der Waals surface area (Å²) in [5.41, 5.74) is 4.15. The Kier molecular flexibility index (Phi) is 8.87. The van der Waals surface area contributed by atoms with Crippen LogP contribution in [-0.2, 0) is 16.3 Å². The van der Waals surface area contributed by atoms with Gasteiger partial charge in [0.2, 0.25) is 18.1 Å². The number of aliphatic carboxylic acids is 1. The summed E-state index contributed by atoms with van der Waals surface area (Å²) in [6, 6.07) is 20.9. The molecule has 4 aromatic rings. The second-order valence-corrected chi connectivity index (χ2v) is 12.4. The van der Waals surface area contributed by atoms with Gasteiger partial charge in [-0.25, -0.2) is 4.79 Å². The first-order chi connectivity index (χ1) is 19.7. The van der Waals surface area contributed by atoms with Crippen LogP contribution in [0.2, 0.25) is 5.02 Å². The molecule has 1 aliphatic rings. The second-order valence-electron chi connectivity index (χ2n) is 9.83. The fourth-order valence-electron chi connectivity index (χ4n) is 4.87. The molecular formula is C31H32ClN4O3S2+. The summed E-state index contributed by atoms with van der Waals surface area (Å²) in [5, 5.41) is 15.4. The van der Waals surface area contributed by atoms with E-state index in [-0.39, 0.29) is 25.5 Å². The summed E-state index contributed by atoms with van der Waals surface area (Å²) in [4.78, 5) is 30.1. The number of para-hydroxylation sites is 1. The highest BCUT2D eigenvalue weighted by Gasteiger charge is 2.28. The molecule has 1 atom stereocenters. The van der Waals surface area contributed by atoms with Crippen molar-refractivity contribution in [2.45, 2.75) is 44.8 Å². The monoisotopic (exact) mass is 607 g/mol. The molecule has 7 nitrogen and oxygen atoms in total. The van der Waals surface area contributed by atoms with Crippen LogP contribution in [0.4, 0.5) is 11.4 Å². The molecule has 10 heteroatoms. The molecular weight excluding hydrogens is 576 g/mol. The van der Waals surface area contributed by atoms with Crippen molar-refractivity contribution in [1.29, 1.82) is 0 Å². The predicted octanol–water partition coefficient (Wildman–Crippen LogP) is 6.52. The van der Waals surface area contributed by atoms with Crippen LogP contribution < -0.4 is 19.7 Å². The molecule has 2 N–H and O–H groups in total. The SMILES string of the molecule is CCN1/C(=C/c2sc3ccc(Cl)cc3[n+]2CNC(=O)CCN(c2ccccc2)C(C)C(=O)O)Sc2ccc(C)cc21. The van der Waals surface area contributed by atoms with Crippen molar-refractivity contribution in [3.63, 3.8) is 0 Å². The predicted molar refractivity (Wildman–Crippen MR) is 169 cm³/mol. The lowest BCUT2D eigenvalue weighted by molar-refractivity contribution is -0.672. The maximum absolute atomic E-state index is 13.1. The summed E-state index contributed by atoms with van der Waals surface area (Å²) in [5.74, 6) is -1.10. The Morgan fingerprint density at radius 3 is 2.66 bits per heavy atom. The highest BCUT2D eigenvalue weighted by Crippen LogP contribution is 2.47. The van der Waals surface area contributed by atoms with E-state index in [0.29, 0.717) is 5.02 Å². The molecule has 0 saturated carbocycles. The van der Waals surface area contributed by atoms with Gasteiger partial charge < -0.3 is 20.2 Å². The third-order valence-electron chi connectivity index (χ3n) is 7.07. The first-order valence-corrected chi connectivity index (χ1v) is 15.5. The number of carboxylic acids is 1. The third kappa shape index (κ3) is 6.37. The summed E-state index contributed by atoms with van der Waals surface area (Å²) >= 11 is 9.77. The molecule has 0 spiro atoms. The zero-order valence-corrected chi connectivity index (χ0v) is 25.5. The number of carbonyl (C=O) groups is 2. The van der Waals surface area contributed by atoms with E-state index < -0.39 is 12.0 Å².